The predicted molar refractivity (Wildman–Crippen MR) is 87.3 cm³/mol. The summed E-state index contributed by atoms with van der Waals surface area (Å²) in [4.78, 5) is 17.1. The van der Waals surface area contributed by atoms with Crippen LogP contribution in [0.4, 0.5) is 4.39 Å². The summed E-state index contributed by atoms with van der Waals surface area (Å²) in [6.07, 6.45) is 6.97. The Kier molecular flexibility index (Phi) is 3.88. The van der Waals surface area contributed by atoms with Crippen LogP contribution in [-0.4, -0.2) is 40.9 Å². The summed E-state index contributed by atoms with van der Waals surface area (Å²) < 4.78 is 13.4. The van der Waals surface area contributed by atoms with Gasteiger partial charge in [0.25, 0.3) is 0 Å². The highest BCUT2D eigenvalue weighted by atomic mass is 19.1. The van der Waals surface area contributed by atoms with Crippen LogP contribution in [-0.2, 0) is 11.3 Å². The molecule has 1 amide bonds. The van der Waals surface area contributed by atoms with Crippen LogP contribution in [0.2, 0.25) is 0 Å². The van der Waals surface area contributed by atoms with E-state index in [0.29, 0.717) is 13.0 Å². The first-order valence-corrected chi connectivity index (χ1v) is 8.92. The summed E-state index contributed by atoms with van der Waals surface area (Å²) in [5.74, 6) is 0.867. The summed E-state index contributed by atoms with van der Waals surface area (Å²) in [5.41, 5.74) is 0.936. The van der Waals surface area contributed by atoms with Gasteiger partial charge in [-0.3, -0.25) is 9.69 Å². The fourth-order valence-corrected chi connectivity index (χ4v) is 4.32. The van der Waals surface area contributed by atoms with Crippen molar-refractivity contribution in [3.05, 3.63) is 35.6 Å². The fraction of sp³-hybridized carbons (Fsp3) is 0.632. The minimum atomic E-state index is -0.225. The van der Waals surface area contributed by atoms with E-state index in [4.69, 9.17) is 0 Å². The van der Waals surface area contributed by atoms with Gasteiger partial charge in [-0.1, -0.05) is 18.6 Å². The van der Waals surface area contributed by atoms with Crippen molar-refractivity contribution >= 4 is 5.91 Å². The van der Waals surface area contributed by atoms with E-state index in [0.717, 1.165) is 31.0 Å². The third-order valence-corrected chi connectivity index (χ3v) is 5.75. The number of hydrogen-bond acceptors (Lipinski definition) is 2. The van der Waals surface area contributed by atoms with Crippen molar-refractivity contribution in [2.75, 3.05) is 19.6 Å². The molecule has 23 heavy (non-hydrogen) atoms. The number of carbonyl (C=O) groups excluding carboxylic acids is 1. The van der Waals surface area contributed by atoms with Gasteiger partial charge in [-0.25, -0.2) is 4.39 Å². The zero-order valence-corrected chi connectivity index (χ0v) is 13.6. The SMILES string of the molecule is O=C1CC2(CCCCN2CC2CC2)CN1Cc1cccc(F)c1. The molecule has 4 heteroatoms. The van der Waals surface area contributed by atoms with Gasteiger partial charge in [0.05, 0.1) is 0 Å². The van der Waals surface area contributed by atoms with Crippen molar-refractivity contribution in [1.82, 2.24) is 9.80 Å². The van der Waals surface area contributed by atoms with E-state index < -0.39 is 0 Å². The Hall–Kier alpha value is -1.42. The molecule has 1 saturated carbocycles. The molecule has 124 valence electrons. The lowest BCUT2D eigenvalue weighted by molar-refractivity contribution is -0.128. The van der Waals surface area contributed by atoms with Crippen LogP contribution >= 0.6 is 0 Å². The second kappa shape index (κ2) is 5.90. The zero-order chi connectivity index (χ0) is 15.9. The van der Waals surface area contributed by atoms with Crippen molar-refractivity contribution in [1.29, 1.82) is 0 Å². The molecule has 3 fully saturated rings. The van der Waals surface area contributed by atoms with Gasteiger partial charge in [0, 0.05) is 31.6 Å². The molecular formula is C19H25FN2O. The Morgan fingerprint density at radius 1 is 1.26 bits per heavy atom. The topological polar surface area (TPSA) is 23.6 Å². The summed E-state index contributed by atoms with van der Waals surface area (Å²) in [5, 5.41) is 0. The number of carbonyl (C=O) groups is 1. The fourth-order valence-electron chi connectivity index (χ4n) is 4.32. The summed E-state index contributed by atoms with van der Waals surface area (Å²) in [6.45, 7) is 3.66. The number of rotatable bonds is 4. The summed E-state index contributed by atoms with van der Waals surface area (Å²) in [6, 6.07) is 6.63. The second-order valence-corrected chi connectivity index (χ2v) is 7.63. The Morgan fingerprint density at radius 2 is 2.13 bits per heavy atom. The molecule has 3 aliphatic rings. The van der Waals surface area contributed by atoms with Gasteiger partial charge in [-0.05, 0) is 55.8 Å². The highest BCUT2D eigenvalue weighted by Crippen LogP contribution is 2.41. The number of amides is 1. The first kappa shape index (κ1) is 15.1. The second-order valence-electron chi connectivity index (χ2n) is 7.63. The molecule has 0 bridgehead atoms. The van der Waals surface area contributed by atoms with Crippen LogP contribution in [0.3, 0.4) is 0 Å². The highest BCUT2D eigenvalue weighted by molar-refractivity contribution is 5.80. The van der Waals surface area contributed by atoms with Gasteiger partial charge in [0.1, 0.15) is 5.82 Å². The van der Waals surface area contributed by atoms with Crippen LogP contribution in [0, 0.1) is 11.7 Å². The monoisotopic (exact) mass is 316 g/mol. The molecule has 1 aromatic rings. The third-order valence-electron chi connectivity index (χ3n) is 5.75. The van der Waals surface area contributed by atoms with Crippen molar-refractivity contribution in [2.24, 2.45) is 5.92 Å². The Labute approximate surface area is 137 Å². The Balaban J connectivity index is 1.49. The van der Waals surface area contributed by atoms with E-state index in [1.165, 1.54) is 38.3 Å². The van der Waals surface area contributed by atoms with Crippen molar-refractivity contribution < 1.29 is 9.18 Å². The maximum atomic E-state index is 13.4. The quantitative estimate of drug-likeness (QED) is 0.852. The number of benzene rings is 1. The van der Waals surface area contributed by atoms with Gasteiger partial charge in [-0.2, -0.15) is 0 Å². The molecule has 1 unspecified atom stereocenters. The number of piperidine rings is 1. The molecule has 4 rings (SSSR count). The van der Waals surface area contributed by atoms with E-state index in [-0.39, 0.29) is 17.3 Å². The standard InChI is InChI=1S/C19H25FN2O/c20-17-5-3-4-16(10-17)12-21-14-19(11-18(21)23)8-1-2-9-22(19)13-15-6-7-15/h3-5,10,15H,1-2,6-9,11-14H2. The van der Waals surface area contributed by atoms with E-state index in [1.54, 1.807) is 12.1 Å². The Morgan fingerprint density at radius 3 is 2.91 bits per heavy atom. The number of likely N-dealkylation sites (tertiary alicyclic amines) is 2. The van der Waals surface area contributed by atoms with Crippen molar-refractivity contribution in [2.45, 2.75) is 50.6 Å². The van der Waals surface area contributed by atoms with Crippen LogP contribution in [0.15, 0.2) is 24.3 Å². The minimum Gasteiger partial charge on any atom is -0.336 e. The lowest BCUT2D eigenvalue weighted by Crippen LogP contribution is -2.54. The highest BCUT2D eigenvalue weighted by Gasteiger charge is 2.48. The number of nitrogens with zero attached hydrogens (tertiary/aromatic N) is 2. The molecular weight excluding hydrogens is 291 g/mol. The first-order chi connectivity index (χ1) is 11.1. The van der Waals surface area contributed by atoms with E-state index in [2.05, 4.69) is 4.90 Å². The molecule has 1 aromatic carbocycles. The average molecular weight is 316 g/mol. The largest absolute Gasteiger partial charge is 0.336 e. The van der Waals surface area contributed by atoms with Crippen LogP contribution in [0.5, 0.6) is 0 Å². The zero-order valence-electron chi connectivity index (χ0n) is 13.6. The molecule has 1 atom stereocenters. The maximum Gasteiger partial charge on any atom is 0.224 e. The molecule has 2 heterocycles. The molecule has 0 N–H and O–H groups in total. The normalized spacial score (nSPS) is 28.7. The predicted octanol–water partition coefficient (Wildman–Crippen LogP) is 3.19. The molecule has 0 aromatic heterocycles. The summed E-state index contributed by atoms with van der Waals surface area (Å²) >= 11 is 0. The van der Waals surface area contributed by atoms with Crippen LogP contribution in [0.25, 0.3) is 0 Å². The average Bonchev–Trinajstić information content (AvgIpc) is 3.28. The minimum absolute atomic E-state index is 0.0469. The van der Waals surface area contributed by atoms with Gasteiger partial charge in [-0.15, -0.1) is 0 Å². The lowest BCUT2D eigenvalue weighted by Gasteiger charge is -2.44. The molecule has 1 spiro atoms. The van der Waals surface area contributed by atoms with Gasteiger partial charge < -0.3 is 4.90 Å². The summed E-state index contributed by atoms with van der Waals surface area (Å²) in [7, 11) is 0. The molecule has 3 nitrogen and oxygen atoms in total. The van der Waals surface area contributed by atoms with Gasteiger partial charge >= 0.3 is 0 Å². The number of hydrogen-bond donors (Lipinski definition) is 0. The third kappa shape index (κ3) is 3.14. The van der Waals surface area contributed by atoms with Crippen LogP contribution < -0.4 is 0 Å². The molecule has 0 radical (unpaired) electrons. The van der Waals surface area contributed by atoms with E-state index >= 15 is 0 Å². The van der Waals surface area contributed by atoms with Crippen molar-refractivity contribution in [3.63, 3.8) is 0 Å². The lowest BCUT2D eigenvalue weighted by atomic mass is 9.85. The van der Waals surface area contributed by atoms with Crippen molar-refractivity contribution in [3.8, 4) is 0 Å². The molecule has 2 saturated heterocycles. The van der Waals surface area contributed by atoms with Crippen LogP contribution in [0.1, 0.15) is 44.1 Å². The Bertz CT molecular complexity index is 601. The van der Waals surface area contributed by atoms with Gasteiger partial charge in [0.2, 0.25) is 5.91 Å². The molecule has 2 aliphatic heterocycles. The number of halogens is 1. The van der Waals surface area contributed by atoms with E-state index in [1.807, 2.05) is 11.0 Å². The smallest absolute Gasteiger partial charge is 0.224 e. The van der Waals surface area contributed by atoms with E-state index in [9.17, 15) is 9.18 Å². The first-order valence-electron chi connectivity index (χ1n) is 8.92. The van der Waals surface area contributed by atoms with Gasteiger partial charge in [0.15, 0.2) is 0 Å². The maximum absolute atomic E-state index is 13.4. The molecule has 1 aliphatic carbocycles.